The summed E-state index contributed by atoms with van der Waals surface area (Å²) >= 11 is 1.88. The maximum absolute atomic E-state index is 14.8. The lowest BCUT2D eigenvalue weighted by molar-refractivity contribution is 0.0168. The number of terminal acetylenes is 1. The first-order chi connectivity index (χ1) is 14.4. The molecule has 0 radical (unpaired) electrons. The molecular weight excluding hydrogens is 518 g/mol. The standard InChI is InChI=1S/C19H15F3IN3O4/c1-2-6-29-24-10-11-8-13(19(28)26-30-7-5-27)18(17(22)16(11)21)25-15-4-3-12(23)9-14(15)20/h1,3-4,8-10,25,27H,5-7H2,(H,26,28). The van der Waals surface area contributed by atoms with E-state index in [-0.39, 0.29) is 25.5 Å². The number of aliphatic hydroxyl groups excluding tert-OH is 1. The predicted molar refractivity (Wildman–Crippen MR) is 112 cm³/mol. The number of oxime groups is 1. The van der Waals surface area contributed by atoms with Gasteiger partial charge >= 0.3 is 0 Å². The summed E-state index contributed by atoms with van der Waals surface area (Å²) in [6, 6.07) is 4.98. The number of amides is 1. The quantitative estimate of drug-likeness (QED) is 0.152. The smallest absolute Gasteiger partial charge is 0.277 e. The van der Waals surface area contributed by atoms with Crippen LogP contribution in [0.15, 0.2) is 29.4 Å². The second-order valence-corrected chi connectivity index (χ2v) is 6.73. The predicted octanol–water partition coefficient (Wildman–Crippen LogP) is 3.09. The number of hydrogen-bond acceptors (Lipinski definition) is 6. The average molecular weight is 533 g/mol. The number of rotatable bonds is 9. The summed E-state index contributed by atoms with van der Waals surface area (Å²) < 4.78 is 44.0. The Bertz CT molecular complexity index is 996. The van der Waals surface area contributed by atoms with Crippen molar-refractivity contribution in [2.75, 3.05) is 25.1 Å². The Morgan fingerprint density at radius 3 is 2.73 bits per heavy atom. The molecule has 0 heterocycles. The van der Waals surface area contributed by atoms with E-state index < -0.39 is 40.2 Å². The molecule has 30 heavy (non-hydrogen) atoms. The van der Waals surface area contributed by atoms with Gasteiger partial charge in [-0.15, -0.1) is 6.42 Å². The number of aliphatic hydroxyl groups is 1. The van der Waals surface area contributed by atoms with E-state index in [2.05, 4.69) is 21.2 Å². The summed E-state index contributed by atoms with van der Waals surface area (Å²) in [5.74, 6) is -2.40. The topological polar surface area (TPSA) is 92.2 Å². The largest absolute Gasteiger partial charge is 0.394 e. The highest BCUT2D eigenvalue weighted by molar-refractivity contribution is 14.1. The van der Waals surface area contributed by atoms with Gasteiger partial charge in [0, 0.05) is 9.13 Å². The molecule has 0 unspecified atom stereocenters. The summed E-state index contributed by atoms with van der Waals surface area (Å²) in [5.41, 5.74) is 0.327. The highest BCUT2D eigenvalue weighted by Gasteiger charge is 2.23. The zero-order valence-electron chi connectivity index (χ0n) is 15.2. The number of carbonyl (C=O) groups excluding carboxylic acids is 1. The van der Waals surface area contributed by atoms with Crippen LogP contribution in [0.3, 0.4) is 0 Å². The van der Waals surface area contributed by atoms with Crippen molar-refractivity contribution < 1.29 is 32.7 Å². The van der Waals surface area contributed by atoms with Gasteiger partial charge in [-0.1, -0.05) is 11.1 Å². The van der Waals surface area contributed by atoms with E-state index in [9.17, 15) is 18.0 Å². The third-order valence-electron chi connectivity index (χ3n) is 3.44. The van der Waals surface area contributed by atoms with Gasteiger partial charge in [0.05, 0.1) is 36.4 Å². The van der Waals surface area contributed by atoms with Crippen molar-refractivity contribution in [1.29, 1.82) is 0 Å². The van der Waals surface area contributed by atoms with Crippen LogP contribution in [0.4, 0.5) is 24.5 Å². The SMILES string of the molecule is C#CCON=Cc1cc(C(=O)NOCCO)c(Nc2ccc(I)cc2F)c(F)c1F. The van der Waals surface area contributed by atoms with Crippen LogP contribution in [-0.2, 0) is 9.68 Å². The number of hydrogen-bond donors (Lipinski definition) is 3. The zero-order chi connectivity index (χ0) is 22.1. The van der Waals surface area contributed by atoms with Crippen LogP contribution in [0, 0.1) is 33.4 Å². The molecule has 0 atom stereocenters. The maximum atomic E-state index is 14.8. The fourth-order valence-electron chi connectivity index (χ4n) is 2.15. The monoisotopic (exact) mass is 533 g/mol. The van der Waals surface area contributed by atoms with Crippen molar-refractivity contribution in [2.45, 2.75) is 0 Å². The van der Waals surface area contributed by atoms with Crippen molar-refractivity contribution in [3.8, 4) is 12.3 Å². The van der Waals surface area contributed by atoms with Gasteiger partial charge in [0.1, 0.15) is 5.82 Å². The Hall–Kier alpha value is -2.82. The van der Waals surface area contributed by atoms with Crippen LogP contribution in [0.5, 0.6) is 0 Å². The van der Waals surface area contributed by atoms with Crippen LogP contribution >= 0.6 is 22.6 Å². The van der Waals surface area contributed by atoms with Crippen molar-refractivity contribution >= 4 is 46.1 Å². The summed E-state index contributed by atoms with van der Waals surface area (Å²) in [7, 11) is 0. The number of nitrogens with one attached hydrogen (secondary N) is 2. The van der Waals surface area contributed by atoms with Crippen molar-refractivity contribution in [3.63, 3.8) is 0 Å². The van der Waals surface area contributed by atoms with Crippen LogP contribution < -0.4 is 10.8 Å². The van der Waals surface area contributed by atoms with Crippen molar-refractivity contribution in [3.05, 3.63) is 56.4 Å². The molecule has 0 spiro atoms. The molecule has 1 amide bonds. The highest BCUT2D eigenvalue weighted by atomic mass is 127. The van der Waals surface area contributed by atoms with E-state index in [1.807, 2.05) is 28.1 Å². The van der Waals surface area contributed by atoms with Gasteiger partial charge in [0.15, 0.2) is 18.2 Å². The molecule has 11 heteroatoms. The summed E-state index contributed by atoms with van der Waals surface area (Å²) in [5, 5.41) is 14.5. The molecule has 2 rings (SSSR count). The van der Waals surface area contributed by atoms with Crippen LogP contribution in [0.2, 0.25) is 0 Å². The number of benzene rings is 2. The fourth-order valence-corrected chi connectivity index (χ4v) is 2.61. The Morgan fingerprint density at radius 2 is 2.07 bits per heavy atom. The van der Waals surface area contributed by atoms with Crippen molar-refractivity contribution in [1.82, 2.24) is 5.48 Å². The maximum Gasteiger partial charge on any atom is 0.277 e. The van der Waals surface area contributed by atoms with Crippen molar-refractivity contribution in [2.24, 2.45) is 5.16 Å². The molecule has 0 bridgehead atoms. The summed E-state index contributed by atoms with van der Waals surface area (Å²) in [4.78, 5) is 21.8. The second-order valence-electron chi connectivity index (χ2n) is 5.48. The first kappa shape index (κ1) is 23.5. The Labute approximate surface area is 183 Å². The van der Waals surface area contributed by atoms with Gasteiger partial charge in [-0.05, 0) is 46.9 Å². The van der Waals surface area contributed by atoms with E-state index >= 15 is 0 Å². The molecular formula is C19H15F3IN3O4. The lowest BCUT2D eigenvalue weighted by Crippen LogP contribution is -2.26. The molecule has 3 N–H and O–H groups in total. The molecule has 0 saturated heterocycles. The van der Waals surface area contributed by atoms with Gasteiger partial charge in [0.25, 0.3) is 5.91 Å². The van der Waals surface area contributed by atoms with E-state index in [1.54, 1.807) is 0 Å². The average Bonchev–Trinajstić information content (AvgIpc) is 2.72. The van der Waals surface area contributed by atoms with E-state index in [0.717, 1.165) is 12.3 Å². The normalized spacial score (nSPS) is 10.7. The third kappa shape index (κ3) is 6.09. The van der Waals surface area contributed by atoms with Gasteiger partial charge in [-0.25, -0.2) is 18.7 Å². The minimum atomic E-state index is -1.46. The molecule has 0 aliphatic carbocycles. The highest BCUT2D eigenvalue weighted by Crippen LogP contribution is 2.30. The first-order valence-corrected chi connectivity index (χ1v) is 9.32. The molecule has 0 fully saturated rings. The van der Waals surface area contributed by atoms with Crippen LogP contribution in [0.1, 0.15) is 15.9 Å². The molecule has 2 aromatic carbocycles. The Kier molecular flexibility index (Phi) is 8.90. The third-order valence-corrected chi connectivity index (χ3v) is 4.11. The van der Waals surface area contributed by atoms with Gasteiger partial charge < -0.3 is 15.3 Å². The molecule has 7 nitrogen and oxygen atoms in total. The number of carbonyl (C=O) groups is 1. The van der Waals surface area contributed by atoms with E-state index in [1.165, 1.54) is 18.2 Å². The molecule has 0 aromatic heterocycles. The minimum absolute atomic E-state index is 0.183. The summed E-state index contributed by atoms with van der Waals surface area (Å²) in [6.07, 6.45) is 5.82. The number of anilines is 2. The Balaban J connectivity index is 2.49. The second kappa shape index (κ2) is 11.4. The molecule has 0 aliphatic rings. The molecule has 0 saturated carbocycles. The lowest BCUT2D eigenvalue weighted by Gasteiger charge is -2.15. The lowest BCUT2D eigenvalue weighted by atomic mass is 10.1. The molecule has 2 aromatic rings. The summed E-state index contributed by atoms with van der Waals surface area (Å²) in [6.45, 7) is -0.825. The first-order valence-electron chi connectivity index (χ1n) is 8.24. The molecule has 158 valence electrons. The Morgan fingerprint density at radius 1 is 1.30 bits per heavy atom. The van der Waals surface area contributed by atoms with Gasteiger partial charge in [-0.2, -0.15) is 0 Å². The van der Waals surface area contributed by atoms with E-state index in [4.69, 9.17) is 16.4 Å². The zero-order valence-corrected chi connectivity index (χ0v) is 17.4. The minimum Gasteiger partial charge on any atom is -0.394 e. The fraction of sp³-hybridized carbons (Fsp3) is 0.158. The van der Waals surface area contributed by atoms with Gasteiger partial charge in [-0.3, -0.25) is 9.63 Å². The number of halogens is 4. The van der Waals surface area contributed by atoms with Crippen LogP contribution in [0.25, 0.3) is 0 Å². The van der Waals surface area contributed by atoms with Crippen LogP contribution in [-0.4, -0.2) is 37.0 Å². The number of nitrogens with zero attached hydrogens (tertiary/aromatic N) is 1. The number of hydroxylamine groups is 1. The van der Waals surface area contributed by atoms with E-state index in [0.29, 0.717) is 3.57 Å². The molecule has 0 aliphatic heterocycles. The van der Waals surface area contributed by atoms with Gasteiger partial charge in [0.2, 0.25) is 0 Å².